The molecule has 0 unspecified atom stereocenters. The number of hydrogen-bond donors (Lipinski definition) is 0. The molecule has 1 aliphatic carbocycles. The highest BCUT2D eigenvalue weighted by atomic mass is 14.9. The molecule has 0 bridgehead atoms. The van der Waals surface area contributed by atoms with Crippen LogP contribution in [0.15, 0.2) is 170 Å². The fraction of sp³-hybridized carbons (Fsp3) is 0. The zero-order valence-electron chi connectivity index (χ0n) is 27.1. The molecular weight excluding hydrogens is 605 g/mol. The highest BCUT2D eigenvalue weighted by molar-refractivity contribution is 6.24. The van der Waals surface area contributed by atoms with Gasteiger partial charge in [-0.25, -0.2) is 9.97 Å². The standard InChI is InChI=1S/C48H28N2/c1-2-11-33-27-42-34(26-32(33)10-1)14-9-19-39(42)46-37-17-5-3-15-35(37)44(36-16-4-6-18-38(36)46)30-22-24-31(25-23-30)48-49-28-43-40-20-7-12-29-13-8-21-41(45(29)40)47(43)50-48/h1-28H. The van der Waals surface area contributed by atoms with E-state index < -0.39 is 0 Å². The van der Waals surface area contributed by atoms with Gasteiger partial charge in [0.05, 0.1) is 5.69 Å². The van der Waals surface area contributed by atoms with Crippen molar-refractivity contribution in [3.05, 3.63) is 170 Å². The summed E-state index contributed by atoms with van der Waals surface area (Å²) < 4.78 is 0. The number of nitrogens with zero attached hydrogens (tertiary/aromatic N) is 2. The molecule has 0 aliphatic heterocycles. The molecule has 0 saturated heterocycles. The van der Waals surface area contributed by atoms with E-state index in [0.717, 1.165) is 22.6 Å². The Morgan fingerprint density at radius 1 is 0.340 bits per heavy atom. The van der Waals surface area contributed by atoms with E-state index in [1.54, 1.807) is 0 Å². The summed E-state index contributed by atoms with van der Waals surface area (Å²) in [6.07, 6.45) is 2.00. The van der Waals surface area contributed by atoms with Gasteiger partial charge in [0.1, 0.15) is 0 Å². The predicted octanol–water partition coefficient (Wildman–Crippen LogP) is 12.9. The van der Waals surface area contributed by atoms with Crippen molar-refractivity contribution in [3.8, 4) is 56.0 Å². The summed E-state index contributed by atoms with van der Waals surface area (Å²) in [5.41, 5.74) is 10.5. The van der Waals surface area contributed by atoms with Gasteiger partial charge in [0.2, 0.25) is 0 Å². The zero-order chi connectivity index (χ0) is 32.8. The van der Waals surface area contributed by atoms with Crippen LogP contribution in [0.3, 0.4) is 0 Å². The summed E-state index contributed by atoms with van der Waals surface area (Å²) in [6, 6.07) is 59.6. The van der Waals surface area contributed by atoms with Crippen molar-refractivity contribution in [3.63, 3.8) is 0 Å². The summed E-state index contributed by atoms with van der Waals surface area (Å²) in [7, 11) is 0. The van der Waals surface area contributed by atoms with Gasteiger partial charge in [-0.05, 0) is 93.8 Å². The largest absolute Gasteiger partial charge is 0.236 e. The molecule has 2 nitrogen and oxygen atoms in total. The van der Waals surface area contributed by atoms with Gasteiger partial charge in [0.15, 0.2) is 5.82 Å². The van der Waals surface area contributed by atoms with Crippen LogP contribution < -0.4 is 0 Å². The number of rotatable bonds is 3. The number of hydrogen-bond acceptors (Lipinski definition) is 2. The molecular formula is C48H28N2. The molecule has 9 aromatic carbocycles. The van der Waals surface area contributed by atoms with Crippen molar-refractivity contribution in [1.29, 1.82) is 0 Å². The molecule has 0 fully saturated rings. The lowest BCUT2D eigenvalue weighted by Gasteiger charge is -2.19. The second-order valence-corrected chi connectivity index (χ2v) is 13.3. The van der Waals surface area contributed by atoms with Crippen molar-refractivity contribution < 1.29 is 0 Å². The molecule has 230 valence electrons. The van der Waals surface area contributed by atoms with Crippen molar-refractivity contribution in [2.75, 3.05) is 0 Å². The third-order valence-corrected chi connectivity index (χ3v) is 10.6. The first kappa shape index (κ1) is 27.3. The molecule has 0 N–H and O–H groups in total. The van der Waals surface area contributed by atoms with Crippen LogP contribution in [-0.4, -0.2) is 9.97 Å². The van der Waals surface area contributed by atoms with E-state index in [2.05, 4.69) is 164 Å². The van der Waals surface area contributed by atoms with E-state index in [1.807, 2.05) is 6.20 Å². The molecule has 1 heterocycles. The molecule has 1 aliphatic rings. The third-order valence-electron chi connectivity index (χ3n) is 10.6. The van der Waals surface area contributed by atoms with Gasteiger partial charge in [-0.2, -0.15) is 0 Å². The summed E-state index contributed by atoms with van der Waals surface area (Å²) in [5.74, 6) is 0.744. The summed E-state index contributed by atoms with van der Waals surface area (Å²) in [5, 5.41) is 12.5. The lowest BCUT2D eigenvalue weighted by atomic mass is 9.84. The summed E-state index contributed by atoms with van der Waals surface area (Å²) in [6.45, 7) is 0. The lowest BCUT2D eigenvalue weighted by molar-refractivity contribution is 1.19. The van der Waals surface area contributed by atoms with Crippen LogP contribution in [0.25, 0.3) is 110 Å². The SMILES string of the molecule is c1ccc2cc3c(-c4c5ccccc5c(-c5ccc(-c6ncc7c(n6)-c6cccc8cccc-7c68)cc5)c5ccccc45)cccc3cc2c1. The van der Waals surface area contributed by atoms with Gasteiger partial charge in [-0.1, -0.05) is 152 Å². The number of aromatic nitrogens is 2. The van der Waals surface area contributed by atoms with Crippen molar-refractivity contribution in [1.82, 2.24) is 9.97 Å². The van der Waals surface area contributed by atoms with Crippen LogP contribution in [-0.2, 0) is 0 Å². The van der Waals surface area contributed by atoms with E-state index >= 15 is 0 Å². The van der Waals surface area contributed by atoms with Crippen molar-refractivity contribution in [2.24, 2.45) is 0 Å². The second-order valence-electron chi connectivity index (χ2n) is 13.3. The van der Waals surface area contributed by atoms with Crippen LogP contribution in [0.4, 0.5) is 0 Å². The molecule has 10 aromatic rings. The quantitative estimate of drug-likeness (QED) is 0.181. The van der Waals surface area contributed by atoms with E-state index in [1.165, 1.54) is 87.2 Å². The maximum Gasteiger partial charge on any atom is 0.159 e. The van der Waals surface area contributed by atoms with E-state index in [9.17, 15) is 0 Å². The van der Waals surface area contributed by atoms with Gasteiger partial charge in [-0.3, -0.25) is 0 Å². The minimum Gasteiger partial charge on any atom is -0.236 e. The molecule has 1 aromatic heterocycles. The van der Waals surface area contributed by atoms with E-state index in [-0.39, 0.29) is 0 Å². The Morgan fingerprint density at radius 2 is 0.880 bits per heavy atom. The van der Waals surface area contributed by atoms with Gasteiger partial charge in [0, 0.05) is 22.9 Å². The van der Waals surface area contributed by atoms with Crippen LogP contribution in [0.1, 0.15) is 0 Å². The molecule has 0 atom stereocenters. The van der Waals surface area contributed by atoms with Gasteiger partial charge < -0.3 is 0 Å². The van der Waals surface area contributed by atoms with Crippen LogP contribution in [0.5, 0.6) is 0 Å². The molecule has 0 saturated carbocycles. The molecule has 11 rings (SSSR count). The summed E-state index contributed by atoms with van der Waals surface area (Å²) in [4.78, 5) is 10.0. The van der Waals surface area contributed by atoms with Crippen molar-refractivity contribution in [2.45, 2.75) is 0 Å². The Balaban J connectivity index is 1.08. The smallest absolute Gasteiger partial charge is 0.159 e. The lowest BCUT2D eigenvalue weighted by Crippen LogP contribution is -1.93. The topological polar surface area (TPSA) is 25.8 Å². The maximum atomic E-state index is 5.14. The molecule has 0 amide bonds. The molecule has 50 heavy (non-hydrogen) atoms. The monoisotopic (exact) mass is 632 g/mol. The fourth-order valence-electron chi connectivity index (χ4n) is 8.39. The molecule has 0 radical (unpaired) electrons. The first-order chi connectivity index (χ1) is 24.8. The zero-order valence-corrected chi connectivity index (χ0v) is 27.1. The highest BCUT2D eigenvalue weighted by Gasteiger charge is 2.24. The Morgan fingerprint density at radius 3 is 1.58 bits per heavy atom. The maximum absolute atomic E-state index is 5.14. The average Bonchev–Trinajstić information content (AvgIpc) is 3.50. The van der Waals surface area contributed by atoms with Crippen molar-refractivity contribution >= 4 is 53.9 Å². The Labute approximate surface area is 289 Å². The second kappa shape index (κ2) is 10.4. The van der Waals surface area contributed by atoms with E-state index in [0.29, 0.717) is 0 Å². The normalized spacial score (nSPS) is 12.0. The third kappa shape index (κ3) is 3.90. The molecule has 0 spiro atoms. The van der Waals surface area contributed by atoms with Crippen LogP contribution in [0.2, 0.25) is 0 Å². The number of fused-ring (bicyclic) bond motifs is 7. The Hall–Kier alpha value is -6.64. The highest BCUT2D eigenvalue weighted by Crippen LogP contribution is 2.48. The fourth-order valence-corrected chi connectivity index (χ4v) is 8.39. The van der Waals surface area contributed by atoms with Gasteiger partial charge >= 0.3 is 0 Å². The van der Waals surface area contributed by atoms with Crippen LogP contribution >= 0.6 is 0 Å². The number of benzene rings is 9. The average molecular weight is 633 g/mol. The van der Waals surface area contributed by atoms with E-state index in [4.69, 9.17) is 9.97 Å². The molecule has 2 heteroatoms. The first-order valence-electron chi connectivity index (χ1n) is 17.2. The minimum absolute atomic E-state index is 0.744. The Kier molecular flexibility index (Phi) is 5.70. The minimum atomic E-state index is 0.744. The Bertz CT molecular complexity index is 2970. The van der Waals surface area contributed by atoms with Gasteiger partial charge in [-0.15, -0.1) is 0 Å². The predicted molar refractivity (Wildman–Crippen MR) is 210 cm³/mol. The van der Waals surface area contributed by atoms with Crippen LogP contribution in [0, 0.1) is 0 Å². The summed E-state index contributed by atoms with van der Waals surface area (Å²) >= 11 is 0. The van der Waals surface area contributed by atoms with Gasteiger partial charge in [0.25, 0.3) is 0 Å². The first-order valence-corrected chi connectivity index (χ1v) is 17.2.